The van der Waals surface area contributed by atoms with Gasteiger partial charge in [-0.15, -0.1) is 0 Å². The molecule has 0 bridgehead atoms. The van der Waals surface area contributed by atoms with Gasteiger partial charge in [0.1, 0.15) is 0 Å². The lowest BCUT2D eigenvalue weighted by molar-refractivity contribution is -0.143. The number of hydrogen-bond donors (Lipinski definition) is 3. The quantitative estimate of drug-likeness (QED) is 0.0320. The second-order valence-corrected chi connectivity index (χ2v) is 24.6. The number of unbranched alkanes of at least 4 members (excludes halogenated alkanes) is 54. The van der Waals surface area contributed by atoms with Gasteiger partial charge in [-0.25, -0.2) is 0 Å². The zero-order valence-electron chi connectivity index (χ0n) is 52.5. The van der Waals surface area contributed by atoms with E-state index in [-0.39, 0.29) is 18.5 Å². The average molecular weight is 1090 g/mol. The Hall–Kier alpha value is -1.40. The maximum absolute atomic E-state index is 12.6. The second-order valence-electron chi connectivity index (χ2n) is 24.6. The Morgan fingerprint density at radius 1 is 0.351 bits per heavy atom. The highest BCUT2D eigenvalue weighted by Gasteiger charge is 2.20. The molecule has 6 heteroatoms. The van der Waals surface area contributed by atoms with E-state index < -0.39 is 12.1 Å². The molecule has 0 aromatic heterocycles. The van der Waals surface area contributed by atoms with Gasteiger partial charge in [0.15, 0.2) is 0 Å². The van der Waals surface area contributed by atoms with Gasteiger partial charge >= 0.3 is 5.97 Å². The van der Waals surface area contributed by atoms with Crippen LogP contribution >= 0.6 is 0 Å². The molecule has 0 aromatic rings. The summed E-state index contributed by atoms with van der Waals surface area (Å²) in [5.41, 5.74) is 0. The lowest BCUT2D eigenvalue weighted by Crippen LogP contribution is -2.45. The molecule has 6 nitrogen and oxygen atoms in total. The third-order valence-electron chi connectivity index (χ3n) is 16.8. The first-order valence-corrected chi connectivity index (χ1v) is 35.4. The van der Waals surface area contributed by atoms with Crippen LogP contribution in [0.5, 0.6) is 0 Å². The fraction of sp³-hybridized carbons (Fsp3) is 0.944. The van der Waals surface area contributed by atoms with Crippen molar-refractivity contribution in [3.63, 3.8) is 0 Å². The van der Waals surface area contributed by atoms with Gasteiger partial charge in [-0.1, -0.05) is 353 Å². The van der Waals surface area contributed by atoms with E-state index in [2.05, 4.69) is 31.3 Å². The summed E-state index contributed by atoms with van der Waals surface area (Å²) in [4.78, 5) is 24.6. The number of rotatable bonds is 67. The standard InChI is InChI=1S/C71H139NO5/c1-3-5-7-9-11-13-15-17-18-19-20-21-22-23-24-27-30-33-36-40-43-47-51-55-59-63-69(74)68(67-73)72-70(75)64-60-56-52-48-44-41-37-34-31-28-25-26-29-32-35-38-42-46-50-54-58-62-66-77-71(76)65-61-57-53-49-45-39-16-14-12-10-8-6-4-2/h28,31,68-69,73-74H,3-27,29-30,32-67H2,1-2H3,(H,72,75)/b31-28-. The summed E-state index contributed by atoms with van der Waals surface area (Å²) in [7, 11) is 0. The molecule has 0 aliphatic rings. The number of amides is 1. The summed E-state index contributed by atoms with van der Waals surface area (Å²) in [6.45, 7) is 4.99. The van der Waals surface area contributed by atoms with Crippen LogP contribution in [-0.4, -0.2) is 47.4 Å². The van der Waals surface area contributed by atoms with E-state index in [4.69, 9.17) is 4.74 Å². The number of esters is 1. The van der Waals surface area contributed by atoms with Gasteiger partial charge in [0.05, 0.1) is 25.4 Å². The first-order chi connectivity index (χ1) is 38.0. The molecule has 2 atom stereocenters. The molecule has 1 amide bonds. The number of hydrogen-bond acceptors (Lipinski definition) is 5. The molecule has 0 heterocycles. The molecule has 77 heavy (non-hydrogen) atoms. The Balaban J connectivity index is 3.41. The lowest BCUT2D eigenvalue weighted by Gasteiger charge is -2.22. The van der Waals surface area contributed by atoms with Crippen LogP contribution < -0.4 is 5.32 Å². The van der Waals surface area contributed by atoms with E-state index in [1.54, 1.807) is 0 Å². The average Bonchev–Trinajstić information content (AvgIpc) is 3.43. The first kappa shape index (κ1) is 75.6. The molecule has 0 radical (unpaired) electrons. The zero-order valence-corrected chi connectivity index (χ0v) is 52.5. The molecule has 0 aliphatic heterocycles. The molecule has 0 fully saturated rings. The van der Waals surface area contributed by atoms with Crippen molar-refractivity contribution in [2.45, 2.75) is 418 Å². The fourth-order valence-electron chi connectivity index (χ4n) is 11.4. The highest BCUT2D eigenvalue weighted by atomic mass is 16.5. The Labute approximate surface area is 482 Å². The van der Waals surface area contributed by atoms with Crippen molar-refractivity contribution in [3.05, 3.63) is 12.2 Å². The van der Waals surface area contributed by atoms with Crippen molar-refractivity contribution in [2.24, 2.45) is 0 Å². The summed E-state index contributed by atoms with van der Waals surface area (Å²) < 4.78 is 5.48. The van der Waals surface area contributed by atoms with E-state index in [1.807, 2.05) is 0 Å². The Bertz CT molecular complexity index is 1160. The summed E-state index contributed by atoms with van der Waals surface area (Å²) in [6, 6.07) is -0.547. The van der Waals surface area contributed by atoms with Gasteiger partial charge in [-0.05, 0) is 51.4 Å². The Morgan fingerprint density at radius 3 is 0.922 bits per heavy atom. The number of ether oxygens (including phenoxy) is 1. The number of aliphatic hydroxyl groups excluding tert-OH is 2. The number of allylic oxidation sites excluding steroid dienone is 2. The topological polar surface area (TPSA) is 95.9 Å². The molecular formula is C71H139NO5. The minimum absolute atomic E-state index is 0.0128. The van der Waals surface area contributed by atoms with E-state index in [1.165, 1.54) is 334 Å². The number of aliphatic hydroxyl groups is 2. The summed E-state index contributed by atoms with van der Waals surface area (Å²) in [5.74, 6) is -0.0238. The maximum atomic E-state index is 12.6. The van der Waals surface area contributed by atoms with Crippen molar-refractivity contribution in [1.82, 2.24) is 5.32 Å². The van der Waals surface area contributed by atoms with Crippen LogP contribution in [0.1, 0.15) is 406 Å². The number of carbonyl (C=O) groups is 2. The minimum Gasteiger partial charge on any atom is -0.466 e. The summed E-state index contributed by atoms with van der Waals surface area (Å²) in [5, 5.41) is 23.4. The highest BCUT2D eigenvalue weighted by molar-refractivity contribution is 5.76. The van der Waals surface area contributed by atoms with Crippen molar-refractivity contribution in [2.75, 3.05) is 13.2 Å². The predicted molar refractivity (Wildman–Crippen MR) is 338 cm³/mol. The molecule has 458 valence electrons. The third kappa shape index (κ3) is 63.6. The van der Waals surface area contributed by atoms with Crippen LogP contribution in [0.15, 0.2) is 12.2 Å². The normalized spacial score (nSPS) is 12.5. The SMILES string of the molecule is CCCCCCCCCCCCCCCCCCCCCCCCCCCC(O)C(CO)NC(=O)CCCCCCCCC/C=C\CCCCCCCCCCCCCOC(=O)CCCCCCCCCCCCCCC. The van der Waals surface area contributed by atoms with Gasteiger partial charge in [0.2, 0.25) is 5.91 Å². The van der Waals surface area contributed by atoms with Gasteiger partial charge in [0, 0.05) is 12.8 Å². The van der Waals surface area contributed by atoms with E-state index in [0.29, 0.717) is 25.9 Å². The van der Waals surface area contributed by atoms with Crippen molar-refractivity contribution >= 4 is 11.9 Å². The minimum atomic E-state index is -0.670. The molecule has 0 aliphatic carbocycles. The van der Waals surface area contributed by atoms with Crippen LogP contribution in [0.3, 0.4) is 0 Å². The lowest BCUT2D eigenvalue weighted by atomic mass is 10.0. The fourth-order valence-corrected chi connectivity index (χ4v) is 11.4. The van der Waals surface area contributed by atoms with Crippen LogP contribution in [0.2, 0.25) is 0 Å². The van der Waals surface area contributed by atoms with Gasteiger partial charge in [-0.3, -0.25) is 9.59 Å². The van der Waals surface area contributed by atoms with Crippen LogP contribution in [0.4, 0.5) is 0 Å². The summed E-state index contributed by atoms with van der Waals surface area (Å²) in [6.07, 6.45) is 82.6. The number of carbonyl (C=O) groups excluding carboxylic acids is 2. The van der Waals surface area contributed by atoms with E-state index in [9.17, 15) is 19.8 Å². The molecule has 3 N–H and O–H groups in total. The Morgan fingerprint density at radius 2 is 0.610 bits per heavy atom. The maximum Gasteiger partial charge on any atom is 0.305 e. The Kier molecular flexibility index (Phi) is 65.9. The smallest absolute Gasteiger partial charge is 0.305 e. The summed E-state index contributed by atoms with van der Waals surface area (Å²) >= 11 is 0. The van der Waals surface area contributed by atoms with Gasteiger partial charge in [-0.2, -0.15) is 0 Å². The van der Waals surface area contributed by atoms with Crippen LogP contribution in [0.25, 0.3) is 0 Å². The number of nitrogens with one attached hydrogen (secondary N) is 1. The second kappa shape index (κ2) is 67.1. The molecular weight excluding hydrogens is 947 g/mol. The molecule has 0 spiro atoms. The van der Waals surface area contributed by atoms with E-state index >= 15 is 0 Å². The third-order valence-corrected chi connectivity index (χ3v) is 16.8. The first-order valence-electron chi connectivity index (χ1n) is 35.4. The highest BCUT2D eigenvalue weighted by Crippen LogP contribution is 2.19. The van der Waals surface area contributed by atoms with E-state index in [0.717, 1.165) is 38.5 Å². The zero-order chi connectivity index (χ0) is 55.7. The van der Waals surface area contributed by atoms with Crippen molar-refractivity contribution < 1.29 is 24.5 Å². The van der Waals surface area contributed by atoms with Crippen LogP contribution in [0, 0.1) is 0 Å². The van der Waals surface area contributed by atoms with Gasteiger partial charge in [0.25, 0.3) is 0 Å². The predicted octanol–water partition coefficient (Wildman–Crippen LogP) is 22.8. The molecule has 0 saturated carbocycles. The molecule has 0 saturated heterocycles. The largest absolute Gasteiger partial charge is 0.466 e. The van der Waals surface area contributed by atoms with Crippen molar-refractivity contribution in [3.8, 4) is 0 Å². The van der Waals surface area contributed by atoms with Crippen LogP contribution in [-0.2, 0) is 14.3 Å². The molecule has 0 aromatic carbocycles. The van der Waals surface area contributed by atoms with Crippen molar-refractivity contribution in [1.29, 1.82) is 0 Å². The monoisotopic (exact) mass is 1090 g/mol. The molecule has 2 unspecified atom stereocenters. The molecule has 0 rings (SSSR count). The van der Waals surface area contributed by atoms with Gasteiger partial charge < -0.3 is 20.3 Å².